The zero-order valence-electron chi connectivity index (χ0n) is 15.5. The fourth-order valence-corrected chi connectivity index (χ4v) is 3.58. The third-order valence-electron chi connectivity index (χ3n) is 5.17. The molecule has 1 amide bonds. The lowest BCUT2D eigenvalue weighted by Crippen LogP contribution is -2.35. The Morgan fingerprint density at radius 2 is 2.08 bits per heavy atom. The number of aromatic nitrogens is 1. The third kappa shape index (κ3) is 4.28. The second-order valence-electron chi connectivity index (χ2n) is 7.05. The summed E-state index contributed by atoms with van der Waals surface area (Å²) in [6, 6.07) is 11.4. The van der Waals surface area contributed by atoms with E-state index in [1.807, 2.05) is 24.4 Å². The van der Waals surface area contributed by atoms with E-state index in [0.717, 1.165) is 31.5 Å². The average Bonchev–Trinajstić information content (AvgIpc) is 2.90. The number of aryl methyl sites for hydroxylation is 1. The molecule has 1 aliphatic rings. The van der Waals surface area contributed by atoms with Gasteiger partial charge in [0, 0.05) is 31.9 Å². The van der Waals surface area contributed by atoms with Crippen molar-refractivity contribution in [2.24, 2.45) is 0 Å². The van der Waals surface area contributed by atoms with Gasteiger partial charge in [0.2, 0.25) is 0 Å². The Morgan fingerprint density at radius 3 is 2.85 bits per heavy atom. The van der Waals surface area contributed by atoms with Gasteiger partial charge < -0.3 is 4.90 Å². The van der Waals surface area contributed by atoms with Crippen molar-refractivity contribution in [3.05, 3.63) is 65.2 Å². The summed E-state index contributed by atoms with van der Waals surface area (Å²) >= 11 is 0. The van der Waals surface area contributed by atoms with E-state index in [1.165, 1.54) is 0 Å². The van der Waals surface area contributed by atoms with E-state index in [-0.39, 0.29) is 11.5 Å². The van der Waals surface area contributed by atoms with Crippen LogP contribution >= 0.6 is 0 Å². The van der Waals surface area contributed by atoms with Crippen LogP contribution in [-0.4, -0.2) is 46.9 Å². The first-order valence-corrected chi connectivity index (χ1v) is 9.21. The first-order chi connectivity index (χ1) is 12.6. The highest BCUT2D eigenvalue weighted by atomic mass is 19.1. The van der Waals surface area contributed by atoms with E-state index in [0.29, 0.717) is 24.7 Å². The summed E-state index contributed by atoms with van der Waals surface area (Å²) < 4.78 is 14.3. The number of carbonyl (C=O) groups excluding carboxylic acids is 1. The molecule has 2 aromatic rings. The normalized spacial score (nSPS) is 18.0. The van der Waals surface area contributed by atoms with Crippen molar-refractivity contribution in [3.8, 4) is 0 Å². The molecule has 1 aromatic heterocycles. The molecule has 0 N–H and O–H groups in total. The Hall–Kier alpha value is -2.27. The summed E-state index contributed by atoms with van der Waals surface area (Å²) in [5.74, 6) is -0.593. The number of amides is 1. The molecule has 0 aliphatic carbocycles. The molecule has 0 spiro atoms. The first-order valence-electron chi connectivity index (χ1n) is 9.21. The number of pyridine rings is 1. The molecule has 1 atom stereocenters. The second-order valence-corrected chi connectivity index (χ2v) is 7.05. The van der Waals surface area contributed by atoms with Crippen LogP contribution in [0.2, 0.25) is 0 Å². The lowest BCUT2D eigenvalue weighted by molar-refractivity contribution is 0.0752. The van der Waals surface area contributed by atoms with Crippen LogP contribution < -0.4 is 0 Å². The maximum atomic E-state index is 14.3. The third-order valence-corrected chi connectivity index (χ3v) is 5.17. The lowest BCUT2D eigenvalue weighted by atomic mass is 10.1. The standard InChI is InChI=1S/C21H26FN3O/c1-16-7-5-10-19(20(16)22)21(26)25-13-6-9-18(11-14-25)24(2)15-17-8-3-4-12-23-17/h3-5,7-8,10,12,18H,6,9,11,13-15H2,1-2H3. The average molecular weight is 355 g/mol. The molecule has 138 valence electrons. The van der Waals surface area contributed by atoms with E-state index in [2.05, 4.69) is 16.9 Å². The van der Waals surface area contributed by atoms with Crippen LogP contribution in [0.5, 0.6) is 0 Å². The van der Waals surface area contributed by atoms with Crippen molar-refractivity contribution in [2.45, 2.75) is 38.8 Å². The molecular weight excluding hydrogens is 329 g/mol. The number of halogens is 1. The van der Waals surface area contributed by atoms with Gasteiger partial charge in [0.1, 0.15) is 5.82 Å². The van der Waals surface area contributed by atoms with Gasteiger partial charge in [-0.25, -0.2) is 4.39 Å². The molecule has 3 rings (SSSR count). The zero-order chi connectivity index (χ0) is 18.5. The quantitative estimate of drug-likeness (QED) is 0.840. The van der Waals surface area contributed by atoms with Crippen molar-refractivity contribution in [1.29, 1.82) is 0 Å². The number of hydrogen-bond donors (Lipinski definition) is 0. The maximum absolute atomic E-state index is 14.3. The molecule has 0 saturated carbocycles. The van der Waals surface area contributed by atoms with E-state index in [4.69, 9.17) is 0 Å². The minimum absolute atomic E-state index is 0.185. The summed E-state index contributed by atoms with van der Waals surface area (Å²) in [6.45, 7) is 3.83. The van der Waals surface area contributed by atoms with Gasteiger partial charge in [-0.3, -0.25) is 14.7 Å². The van der Waals surface area contributed by atoms with Crippen LogP contribution in [0.3, 0.4) is 0 Å². The molecule has 1 saturated heterocycles. The van der Waals surface area contributed by atoms with Crippen molar-refractivity contribution in [2.75, 3.05) is 20.1 Å². The second kappa shape index (κ2) is 8.41. The topological polar surface area (TPSA) is 36.4 Å². The van der Waals surface area contributed by atoms with Crippen LogP contribution in [-0.2, 0) is 6.54 Å². The van der Waals surface area contributed by atoms with E-state index in [1.54, 1.807) is 30.0 Å². The number of hydrogen-bond acceptors (Lipinski definition) is 3. The van der Waals surface area contributed by atoms with Crippen molar-refractivity contribution in [3.63, 3.8) is 0 Å². The number of benzene rings is 1. The Morgan fingerprint density at radius 1 is 1.23 bits per heavy atom. The highest BCUT2D eigenvalue weighted by molar-refractivity contribution is 5.94. The molecule has 0 bridgehead atoms. The fraction of sp³-hybridized carbons (Fsp3) is 0.429. The number of carbonyl (C=O) groups is 1. The summed E-state index contributed by atoms with van der Waals surface area (Å²) in [7, 11) is 2.11. The summed E-state index contributed by atoms with van der Waals surface area (Å²) in [5.41, 5.74) is 1.75. The predicted molar refractivity (Wildman–Crippen MR) is 100 cm³/mol. The molecule has 2 heterocycles. The Labute approximate surface area is 154 Å². The van der Waals surface area contributed by atoms with Gasteiger partial charge in [-0.2, -0.15) is 0 Å². The number of nitrogens with zero attached hydrogens (tertiary/aromatic N) is 3. The van der Waals surface area contributed by atoms with Crippen LogP contribution in [0.25, 0.3) is 0 Å². The van der Waals surface area contributed by atoms with Crippen LogP contribution in [0.4, 0.5) is 4.39 Å². The van der Waals surface area contributed by atoms with Crippen molar-refractivity contribution in [1.82, 2.24) is 14.8 Å². The summed E-state index contributed by atoms with van der Waals surface area (Å²) in [6.07, 6.45) is 4.66. The first kappa shape index (κ1) is 18.5. The minimum Gasteiger partial charge on any atom is -0.338 e. The molecule has 5 heteroatoms. The Kier molecular flexibility index (Phi) is 5.99. The number of rotatable bonds is 4. The molecule has 4 nitrogen and oxygen atoms in total. The van der Waals surface area contributed by atoms with Gasteiger partial charge in [0.05, 0.1) is 11.3 Å². The Bertz CT molecular complexity index is 750. The maximum Gasteiger partial charge on any atom is 0.256 e. The highest BCUT2D eigenvalue weighted by Gasteiger charge is 2.25. The van der Waals surface area contributed by atoms with Crippen LogP contribution in [0, 0.1) is 12.7 Å². The minimum atomic E-state index is -0.398. The van der Waals surface area contributed by atoms with Gasteiger partial charge in [0.15, 0.2) is 0 Å². The SMILES string of the molecule is Cc1cccc(C(=O)N2CCCC(N(C)Cc3ccccn3)CC2)c1F. The predicted octanol–water partition coefficient (Wildman–Crippen LogP) is 3.66. The van der Waals surface area contributed by atoms with Gasteiger partial charge >= 0.3 is 0 Å². The smallest absolute Gasteiger partial charge is 0.256 e. The largest absolute Gasteiger partial charge is 0.338 e. The fourth-order valence-electron chi connectivity index (χ4n) is 3.58. The monoisotopic (exact) mass is 355 g/mol. The molecule has 0 radical (unpaired) electrons. The molecule has 1 aromatic carbocycles. The Balaban J connectivity index is 1.62. The van der Waals surface area contributed by atoms with Gasteiger partial charge in [-0.1, -0.05) is 18.2 Å². The van der Waals surface area contributed by atoms with Crippen molar-refractivity contribution >= 4 is 5.91 Å². The van der Waals surface area contributed by atoms with E-state index in [9.17, 15) is 9.18 Å². The lowest BCUT2D eigenvalue weighted by Gasteiger charge is -2.27. The summed E-state index contributed by atoms with van der Waals surface area (Å²) in [5, 5.41) is 0. The van der Waals surface area contributed by atoms with E-state index >= 15 is 0 Å². The van der Waals surface area contributed by atoms with Gasteiger partial charge in [-0.05, 0) is 57.0 Å². The molecule has 1 aliphatic heterocycles. The molecule has 26 heavy (non-hydrogen) atoms. The van der Waals surface area contributed by atoms with Crippen molar-refractivity contribution < 1.29 is 9.18 Å². The molecule has 1 fully saturated rings. The zero-order valence-corrected chi connectivity index (χ0v) is 15.5. The van der Waals surface area contributed by atoms with Crippen LogP contribution in [0.1, 0.15) is 40.9 Å². The summed E-state index contributed by atoms with van der Waals surface area (Å²) in [4.78, 5) is 21.3. The van der Waals surface area contributed by atoms with E-state index < -0.39 is 5.82 Å². The van der Waals surface area contributed by atoms with Crippen LogP contribution in [0.15, 0.2) is 42.6 Å². The molecule has 1 unspecified atom stereocenters. The van der Waals surface area contributed by atoms with Gasteiger partial charge in [0.25, 0.3) is 5.91 Å². The number of likely N-dealkylation sites (tertiary alicyclic amines) is 1. The van der Waals surface area contributed by atoms with Gasteiger partial charge in [-0.15, -0.1) is 0 Å². The highest BCUT2D eigenvalue weighted by Crippen LogP contribution is 2.20. The molecular formula is C21H26FN3O.